The Morgan fingerprint density at radius 2 is 1.86 bits per heavy atom. The summed E-state index contributed by atoms with van der Waals surface area (Å²) in [7, 11) is 0. The molecule has 0 spiro atoms. The summed E-state index contributed by atoms with van der Waals surface area (Å²) in [5, 5.41) is 16.9. The molecule has 0 bridgehead atoms. The quantitative estimate of drug-likeness (QED) is 0.451. The van der Waals surface area contributed by atoms with E-state index in [-0.39, 0.29) is 68.6 Å². The number of carbonyl (C=O) groups excluding carboxylic acids is 3. The smallest absolute Gasteiger partial charge is 0.248 e. The minimum atomic E-state index is -2.78. The number of benzene rings is 1. The summed E-state index contributed by atoms with van der Waals surface area (Å²) in [4.78, 5) is 45.0. The van der Waals surface area contributed by atoms with Gasteiger partial charge in [0.1, 0.15) is 17.8 Å². The van der Waals surface area contributed by atoms with E-state index in [1.165, 1.54) is 4.90 Å². The van der Waals surface area contributed by atoms with Crippen molar-refractivity contribution in [2.24, 2.45) is 11.8 Å². The number of halogens is 2. The Balaban J connectivity index is 1.42. The van der Waals surface area contributed by atoms with Crippen LogP contribution in [0.25, 0.3) is 0 Å². The second-order valence-electron chi connectivity index (χ2n) is 13.0. The molecule has 2 saturated heterocycles. The molecule has 6 atom stereocenters. The fraction of sp³-hybridized carbons (Fsp3) is 0.710. The first-order valence-corrected chi connectivity index (χ1v) is 15.3. The van der Waals surface area contributed by atoms with Crippen molar-refractivity contribution in [1.82, 2.24) is 20.4 Å². The van der Waals surface area contributed by atoms with Crippen LogP contribution in [0.2, 0.25) is 0 Å². The van der Waals surface area contributed by atoms with Gasteiger partial charge < -0.3 is 25.4 Å². The largest absolute Gasteiger partial charge is 0.493 e. The van der Waals surface area contributed by atoms with Crippen LogP contribution in [0.5, 0.6) is 5.75 Å². The highest BCUT2D eigenvalue weighted by Crippen LogP contribution is 2.39. The number of carbonyl (C=O) groups is 3. The number of nitrogens with one attached hydrogen (secondary N) is 2. The maximum Gasteiger partial charge on any atom is 0.248 e. The van der Waals surface area contributed by atoms with Gasteiger partial charge in [0.15, 0.2) is 0 Å². The van der Waals surface area contributed by atoms with Crippen molar-refractivity contribution in [1.29, 1.82) is 0 Å². The lowest BCUT2D eigenvalue weighted by Crippen LogP contribution is -2.66. The Bertz CT molecular complexity index is 1170. The highest BCUT2D eigenvalue weighted by Gasteiger charge is 2.50. The Morgan fingerprint density at radius 3 is 2.57 bits per heavy atom. The number of piperazine rings is 1. The molecule has 5 rings (SSSR count). The molecule has 3 amide bonds. The number of ether oxygens (including phenoxy) is 1. The third kappa shape index (κ3) is 6.56. The first kappa shape index (κ1) is 30.7. The van der Waals surface area contributed by atoms with Crippen molar-refractivity contribution >= 4 is 17.7 Å². The molecule has 11 heteroatoms. The SMILES string of the molecule is CC[C@@H](C)C(=O)N[C@H](C(=O)N1C[C@H]2C[C@@](C)(O)CN2C[C@H]1C(=O)N[C@@H]1CCOc2ccccc21)C1CCC(F)(F)CC1. The lowest BCUT2D eigenvalue weighted by Gasteiger charge is -2.45. The molecule has 42 heavy (non-hydrogen) atoms. The number of amides is 3. The molecule has 3 N–H and O–H groups in total. The summed E-state index contributed by atoms with van der Waals surface area (Å²) in [6.45, 7) is 6.67. The number of rotatable bonds is 7. The number of hydrogen-bond donors (Lipinski definition) is 3. The van der Waals surface area contributed by atoms with Gasteiger partial charge >= 0.3 is 0 Å². The molecule has 9 nitrogen and oxygen atoms in total. The average molecular weight is 591 g/mol. The third-order valence-electron chi connectivity index (χ3n) is 9.64. The monoisotopic (exact) mass is 590 g/mol. The summed E-state index contributed by atoms with van der Waals surface area (Å²) >= 11 is 0. The first-order valence-electron chi connectivity index (χ1n) is 15.3. The van der Waals surface area contributed by atoms with E-state index < -0.39 is 35.4 Å². The van der Waals surface area contributed by atoms with E-state index in [0.29, 0.717) is 38.2 Å². The minimum Gasteiger partial charge on any atom is -0.493 e. The standard InChI is InChI=1S/C31H44F2N4O5/c1-4-19(2)27(38)35-26(20-9-12-31(32,33)13-10-20)29(40)37-16-21-15-30(3,41)18-36(21)17-24(37)28(39)34-23-11-14-42-25-8-6-5-7-22(23)25/h5-8,19-21,23-24,26,41H,4,9-18H2,1-3H3,(H,34,39)(H,35,38)/t19-,21-,23-,24+,26+,30-/m1/s1. The summed E-state index contributed by atoms with van der Waals surface area (Å²) < 4.78 is 33.9. The average Bonchev–Trinajstić information content (AvgIpc) is 3.27. The van der Waals surface area contributed by atoms with E-state index >= 15 is 0 Å². The predicted molar refractivity (Wildman–Crippen MR) is 152 cm³/mol. The van der Waals surface area contributed by atoms with E-state index in [1.54, 1.807) is 13.8 Å². The van der Waals surface area contributed by atoms with Gasteiger partial charge in [0.2, 0.25) is 23.6 Å². The minimum absolute atomic E-state index is 0.109. The zero-order valence-corrected chi connectivity index (χ0v) is 24.8. The zero-order valence-electron chi connectivity index (χ0n) is 24.8. The van der Waals surface area contributed by atoms with E-state index in [4.69, 9.17) is 4.74 Å². The summed E-state index contributed by atoms with van der Waals surface area (Å²) in [6.07, 6.45) is 1.13. The molecule has 1 aromatic rings. The molecule has 232 valence electrons. The summed E-state index contributed by atoms with van der Waals surface area (Å²) in [5.41, 5.74) is -0.0848. The molecule has 0 radical (unpaired) electrons. The molecule has 1 aliphatic carbocycles. The number of aliphatic hydroxyl groups is 1. The number of hydrogen-bond acceptors (Lipinski definition) is 6. The Hall–Kier alpha value is -2.79. The molecule has 0 unspecified atom stereocenters. The van der Waals surface area contributed by atoms with E-state index in [1.807, 2.05) is 31.2 Å². The molecule has 3 fully saturated rings. The normalized spacial score (nSPS) is 30.8. The molecule has 3 aliphatic heterocycles. The van der Waals surface area contributed by atoms with Crippen LogP contribution in [-0.2, 0) is 14.4 Å². The van der Waals surface area contributed by atoms with Gasteiger partial charge in [-0.25, -0.2) is 8.78 Å². The van der Waals surface area contributed by atoms with Gasteiger partial charge in [-0.2, -0.15) is 0 Å². The molecule has 0 aromatic heterocycles. The van der Waals surface area contributed by atoms with Gasteiger partial charge in [0, 0.05) is 56.4 Å². The van der Waals surface area contributed by atoms with Crippen LogP contribution in [0.3, 0.4) is 0 Å². The fourth-order valence-electron chi connectivity index (χ4n) is 7.00. The van der Waals surface area contributed by atoms with Crippen molar-refractivity contribution in [2.75, 3.05) is 26.2 Å². The van der Waals surface area contributed by atoms with Crippen molar-refractivity contribution in [3.63, 3.8) is 0 Å². The van der Waals surface area contributed by atoms with Crippen LogP contribution in [0.15, 0.2) is 24.3 Å². The molecule has 1 saturated carbocycles. The molecular weight excluding hydrogens is 546 g/mol. The Labute approximate surface area is 246 Å². The fourth-order valence-corrected chi connectivity index (χ4v) is 7.00. The van der Waals surface area contributed by atoms with Crippen molar-refractivity contribution in [3.8, 4) is 5.75 Å². The van der Waals surface area contributed by atoms with Crippen LogP contribution in [0, 0.1) is 11.8 Å². The van der Waals surface area contributed by atoms with Crippen molar-refractivity contribution < 1.29 is 33.0 Å². The van der Waals surface area contributed by atoms with E-state index in [9.17, 15) is 28.3 Å². The number of fused-ring (bicyclic) bond motifs is 2. The maximum absolute atomic E-state index is 14.4. The van der Waals surface area contributed by atoms with Crippen molar-refractivity contribution in [2.45, 2.75) is 101 Å². The van der Waals surface area contributed by atoms with Crippen LogP contribution < -0.4 is 15.4 Å². The van der Waals surface area contributed by atoms with Crippen LogP contribution in [-0.4, -0.2) is 88.5 Å². The molecule has 1 aromatic carbocycles. The van der Waals surface area contributed by atoms with Gasteiger partial charge in [-0.3, -0.25) is 19.3 Å². The maximum atomic E-state index is 14.4. The van der Waals surface area contributed by atoms with E-state index in [2.05, 4.69) is 15.5 Å². The van der Waals surface area contributed by atoms with Crippen LogP contribution in [0.1, 0.15) is 77.3 Å². The van der Waals surface area contributed by atoms with Gasteiger partial charge in [-0.15, -0.1) is 0 Å². The molecular formula is C31H44F2N4O5. The zero-order chi connectivity index (χ0) is 30.2. The molecule has 3 heterocycles. The number of para-hydroxylation sites is 1. The van der Waals surface area contributed by atoms with Gasteiger partial charge in [0.25, 0.3) is 0 Å². The highest BCUT2D eigenvalue weighted by atomic mass is 19.3. The number of alkyl halides is 2. The predicted octanol–water partition coefficient (Wildman–Crippen LogP) is 3.02. The lowest BCUT2D eigenvalue weighted by molar-refractivity contribution is -0.150. The summed E-state index contributed by atoms with van der Waals surface area (Å²) in [6, 6.07) is 5.21. The Morgan fingerprint density at radius 1 is 1.14 bits per heavy atom. The lowest BCUT2D eigenvalue weighted by atomic mass is 9.81. The highest BCUT2D eigenvalue weighted by molar-refractivity contribution is 5.93. The topological polar surface area (TPSA) is 111 Å². The molecule has 4 aliphatic rings. The Kier molecular flexibility index (Phi) is 8.81. The van der Waals surface area contributed by atoms with Crippen LogP contribution in [0.4, 0.5) is 8.78 Å². The van der Waals surface area contributed by atoms with Gasteiger partial charge in [-0.05, 0) is 44.6 Å². The third-order valence-corrected chi connectivity index (χ3v) is 9.64. The van der Waals surface area contributed by atoms with Gasteiger partial charge in [0.05, 0.1) is 18.2 Å². The van der Waals surface area contributed by atoms with Crippen molar-refractivity contribution in [3.05, 3.63) is 29.8 Å². The second kappa shape index (κ2) is 12.1. The first-order chi connectivity index (χ1) is 19.9. The summed E-state index contributed by atoms with van der Waals surface area (Å²) in [5.74, 6) is -3.91. The van der Waals surface area contributed by atoms with Crippen LogP contribution >= 0.6 is 0 Å². The van der Waals surface area contributed by atoms with Gasteiger partial charge in [-0.1, -0.05) is 32.0 Å². The second-order valence-corrected chi connectivity index (χ2v) is 13.0. The van der Waals surface area contributed by atoms with E-state index in [0.717, 1.165) is 5.56 Å². The number of nitrogens with zero attached hydrogens (tertiary/aromatic N) is 2.